The van der Waals surface area contributed by atoms with E-state index in [0.717, 1.165) is 10.6 Å². The number of fused-ring (bicyclic) bond motifs is 5. The number of amides is 4. The molecule has 0 radical (unpaired) electrons. The van der Waals surface area contributed by atoms with Crippen molar-refractivity contribution in [3.8, 4) is 5.75 Å². The number of nitrogens with one attached hydrogen (secondary N) is 1. The largest absolute Gasteiger partial charge is 0.507 e. The van der Waals surface area contributed by atoms with Gasteiger partial charge >= 0.3 is 6.18 Å². The van der Waals surface area contributed by atoms with Crippen LogP contribution in [0.1, 0.15) is 35.4 Å². The number of aromatic hydroxyl groups is 1. The number of azo groups is 1. The number of rotatable bonds is 8. The lowest BCUT2D eigenvalue weighted by Gasteiger charge is -2.50. The quantitative estimate of drug-likeness (QED) is 0.0871. The first-order valence-corrected chi connectivity index (χ1v) is 22.0. The third kappa shape index (κ3) is 7.10. The fraction of sp³-hybridized carbons (Fsp3) is 0.220. The molecule has 1 aromatic heterocycles. The molecular formula is C50H38Cl2F3N7O5. The SMILES string of the molecule is CN(C)c1ccc(N=Nc2ccc(N3C(=O)[C@H]4[C@H](CC=C5[C@H]4C[C@H]4C(=O)N(Nc6ncc(C(F)(F)F)cc6Cl)C(=O)[C@@]4(c4ccc(Cl)cc4)[C@H]5c4ccc5ccccc5c4O)C3=O)cc2)cc1. The van der Waals surface area contributed by atoms with E-state index in [2.05, 4.69) is 20.6 Å². The molecule has 0 unspecified atom stereocenters. The number of hydrogen-bond acceptors (Lipinski definition) is 10. The van der Waals surface area contributed by atoms with Crippen molar-refractivity contribution in [2.45, 2.75) is 30.4 Å². The van der Waals surface area contributed by atoms with Crippen LogP contribution < -0.4 is 15.2 Å². The fourth-order valence-corrected chi connectivity index (χ4v) is 10.8. The highest BCUT2D eigenvalue weighted by Gasteiger charge is 2.71. The van der Waals surface area contributed by atoms with Crippen LogP contribution in [-0.4, -0.2) is 52.8 Å². The summed E-state index contributed by atoms with van der Waals surface area (Å²) in [7, 11) is 3.87. The van der Waals surface area contributed by atoms with Crippen molar-refractivity contribution < 1.29 is 37.5 Å². The van der Waals surface area contributed by atoms with E-state index in [9.17, 15) is 27.9 Å². The Morgan fingerprint density at radius 1 is 0.821 bits per heavy atom. The molecule has 2 aliphatic carbocycles. The van der Waals surface area contributed by atoms with Gasteiger partial charge in [0, 0.05) is 47.9 Å². The van der Waals surface area contributed by atoms with E-state index >= 15 is 9.59 Å². The summed E-state index contributed by atoms with van der Waals surface area (Å²) in [5, 5.41) is 22.7. The summed E-state index contributed by atoms with van der Waals surface area (Å²) in [6.45, 7) is 0. The van der Waals surface area contributed by atoms with Crippen molar-refractivity contribution in [1.82, 2.24) is 9.99 Å². The normalized spacial score (nSPS) is 23.7. The van der Waals surface area contributed by atoms with Crippen molar-refractivity contribution in [2.75, 3.05) is 29.3 Å². The Morgan fingerprint density at radius 3 is 2.15 bits per heavy atom. The number of pyridine rings is 1. The number of aromatic nitrogens is 1. The zero-order valence-corrected chi connectivity index (χ0v) is 37.1. The van der Waals surface area contributed by atoms with Gasteiger partial charge in [0.15, 0.2) is 5.82 Å². The van der Waals surface area contributed by atoms with Crippen molar-refractivity contribution in [3.05, 3.63) is 160 Å². The minimum Gasteiger partial charge on any atom is -0.507 e. The van der Waals surface area contributed by atoms with Gasteiger partial charge in [0.1, 0.15) is 5.75 Å². The molecule has 3 heterocycles. The molecule has 17 heteroatoms. The molecule has 10 rings (SSSR count). The van der Waals surface area contributed by atoms with Gasteiger partial charge in [-0.05, 0) is 96.4 Å². The lowest BCUT2D eigenvalue weighted by molar-refractivity contribution is -0.139. The van der Waals surface area contributed by atoms with Crippen LogP contribution in [0.4, 0.5) is 41.7 Å². The summed E-state index contributed by atoms with van der Waals surface area (Å²) in [6.07, 6.45) is -2.38. The number of allylic oxidation sites excluding steroid dienone is 2. The molecule has 1 saturated carbocycles. The second kappa shape index (κ2) is 16.3. The highest BCUT2D eigenvalue weighted by Crippen LogP contribution is 2.65. The molecule has 12 nitrogen and oxygen atoms in total. The highest BCUT2D eigenvalue weighted by molar-refractivity contribution is 6.33. The van der Waals surface area contributed by atoms with E-state index in [1.807, 2.05) is 61.5 Å². The van der Waals surface area contributed by atoms with Gasteiger partial charge in [-0.15, -0.1) is 0 Å². The molecule has 338 valence electrons. The number of hydrazine groups is 1. The average Bonchev–Trinajstić information content (AvgIpc) is 3.69. The maximum Gasteiger partial charge on any atom is 0.417 e. The van der Waals surface area contributed by atoms with Crippen molar-refractivity contribution in [2.24, 2.45) is 33.9 Å². The molecule has 67 heavy (non-hydrogen) atoms. The van der Waals surface area contributed by atoms with Crippen LogP contribution in [0.3, 0.4) is 0 Å². The van der Waals surface area contributed by atoms with Crippen LogP contribution in [0.25, 0.3) is 10.8 Å². The second-order valence-electron chi connectivity index (χ2n) is 17.3. The summed E-state index contributed by atoms with van der Waals surface area (Å²) in [4.78, 5) is 67.1. The minimum absolute atomic E-state index is 0.0981. The Labute approximate surface area is 391 Å². The lowest BCUT2D eigenvalue weighted by atomic mass is 9.49. The molecule has 2 aliphatic heterocycles. The number of halogens is 5. The molecule has 4 amide bonds. The van der Waals surface area contributed by atoms with E-state index in [0.29, 0.717) is 61.3 Å². The topological polar surface area (TPSA) is 148 Å². The number of alkyl halides is 3. The van der Waals surface area contributed by atoms with Gasteiger partial charge in [-0.1, -0.05) is 83.4 Å². The van der Waals surface area contributed by atoms with Gasteiger partial charge in [0.05, 0.1) is 50.8 Å². The number of hydrogen-bond donors (Lipinski definition) is 2. The molecule has 2 N–H and O–H groups in total. The summed E-state index contributed by atoms with van der Waals surface area (Å²) in [5.41, 5.74) is 3.31. The predicted octanol–water partition coefficient (Wildman–Crippen LogP) is 10.9. The molecule has 2 saturated heterocycles. The monoisotopic (exact) mass is 943 g/mol. The number of nitrogens with zero attached hydrogens (tertiary/aromatic N) is 6. The van der Waals surface area contributed by atoms with Crippen LogP contribution in [0, 0.1) is 23.7 Å². The van der Waals surface area contributed by atoms with Crippen LogP contribution in [0.5, 0.6) is 5.75 Å². The molecule has 0 spiro atoms. The van der Waals surface area contributed by atoms with Crippen LogP contribution >= 0.6 is 23.2 Å². The van der Waals surface area contributed by atoms with Crippen LogP contribution in [0.2, 0.25) is 10.0 Å². The molecule has 4 aliphatic rings. The number of benzene rings is 5. The van der Waals surface area contributed by atoms with E-state index in [-0.39, 0.29) is 30.0 Å². The van der Waals surface area contributed by atoms with Gasteiger partial charge in [-0.3, -0.25) is 29.5 Å². The number of imide groups is 2. The van der Waals surface area contributed by atoms with E-state index < -0.39 is 75.4 Å². The van der Waals surface area contributed by atoms with Gasteiger partial charge in [0.25, 0.3) is 11.8 Å². The smallest absolute Gasteiger partial charge is 0.417 e. The molecule has 6 atom stereocenters. The summed E-state index contributed by atoms with van der Waals surface area (Å²) >= 11 is 12.7. The van der Waals surface area contributed by atoms with Gasteiger partial charge in [-0.2, -0.15) is 28.4 Å². The van der Waals surface area contributed by atoms with E-state index in [4.69, 9.17) is 23.2 Å². The van der Waals surface area contributed by atoms with Gasteiger partial charge < -0.3 is 10.0 Å². The first-order chi connectivity index (χ1) is 32.1. The maximum absolute atomic E-state index is 15.6. The van der Waals surface area contributed by atoms with E-state index in [1.165, 1.54) is 0 Å². The molecular weight excluding hydrogens is 906 g/mol. The summed E-state index contributed by atoms with van der Waals surface area (Å²) < 4.78 is 40.9. The lowest BCUT2D eigenvalue weighted by Crippen LogP contribution is -2.53. The highest BCUT2D eigenvalue weighted by atomic mass is 35.5. The molecule has 5 aromatic carbocycles. The third-order valence-corrected chi connectivity index (χ3v) is 14.1. The zero-order valence-electron chi connectivity index (χ0n) is 35.6. The number of carbonyl (C=O) groups is 4. The maximum atomic E-state index is 15.6. The molecule has 0 bridgehead atoms. The average molecular weight is 945 g/mol. The zero-order chi connectivity index (χ0) is 47.1. The fourth-order valence-electron chi connectivity index (χ4n) is 10.5. The number of carbonyl (C=O) groups excluding carboxylic acids is 4. The standard InChI is InChI=1S/C50H38Cl2F3N7O5/c1-60(2)32-16-12-30(13-17-32)57-58-31-14-18-33(19-15-31)61-45(64)36-22-21-35-38(41(36)47(61)66)24-39-46(65)62(59-44-40(52)23-28(25-56-44)50(53,54)55)48(67)49(39,27-8-10-29(51)11-9-27)42(35)37-20-7-26-5-3-4-6-34(26)43(37)63/h3-21,23,25,36,38-39,41-42,63H,22,24H2,1-2H3,(H,56,59)/t36-,38+,39-,41-,42+,49+/m0/s1. The Balaban J connectivity index is 1.07. The Morgan fingerprint density at radius 2 is 1.49 bits per heavy atom. The minimum atomic E-state index is -4.78. The van der Waals surface area contributed by atoms with Gasteiger partial charge in [-0.25, -0.2) is 4.98 Å². The van der Waals surface area contributed by atoms with Crippen LogP contribution in [0.15, 0.2) is 143 Å². The van der Waals surface area contributed by atoms with Crippen LogP contribution in [-0.2, 0) is 30.8 Å². The number of phenolic OH excluding ortho intramolecular Hbond substituents is 1. The molecule has 3 fully saturated rings. The molecule has 6 aromatic rings. The summed E-state index contributed by atoms with van der Waals surface area (Å²) in [6, 6.07) is 31.7. The second-order valence-corrected chi connectivity index (χ2v) is 18.1. The third-order valence-electron chi connectivity index (χ3n) is 13.6. The predicted molar refractivity (Wildman–Crippen MR) is 246 cm³/mol. The first kappa shape index (κ1) is 43.8. The Kier molecular flexibility index (Phi) is 10.7. The summed E-state index contributed by atoms with van der Waals surface area (Å²) in [5.74, 6) is -8.03. The van der Waals surface area contributed by atoms with Crippen molar-refractivity contribution >= 4 is 86.2 Å². The van der Waals surface area contributed by atoms with Crippen molar-refractivity contribution in [1.29, 1.82) is 0 Å². The Bertz CT molecular complexity index is 3090. The van der Waals surface area contributed by atoms with Gasteiger partial charge in [0.2, 0.25) is 11.8 Å². The number of anilines is 3. The first-order valence-electron chi connectivity index (χ1n) is 21.3. The van der Waals surface area contributed by atoms with Crippen molar-refractivity contribution in [3.63, 3.8) is 0 Å². The number of phenols is 1. The van der Waals surface area contributed by atoms with E-state index in [1.54, 1.807) is 72.8 Å². The Hall–Kier alpha value is -7.10.